The van der Waals surface area contributed by atoms with Crippen LogP contribution in [-0.2, 0) is 11.3 Å². The van der Waals surface area contributed by atoms with Crippen molar-refractivity contribution in [2.24, 2.45) is 17.6 Å². The van der Waals surface area contributed by atoms with Gasteiger partial charge in [0, 0.05) is 24.5 Å². The van der Waals surface area contributed by atoms with Gasteiger partial charge in [-0.2, -0.15) is 0 Å². The first-order valence-corrected chi connectivity index (χ1v) is 8.72. The largest absolute Gasteiger partial charge is 0.354 e. The Morgan fingerprint density at radius 3 is 2.95 bits per heavy atom. The topological polar surface area (TPSA) is 58.4 Å². The molecule has 2 heterocycles. The number of nitrogens with one attached hydrogen (secondary N) is 1. The Balaban J connectivity index is 0.00000242. The van der Waals surface area contributed by atoms with E-state index in [2.05, 4.69) is 27.7 Å². The quantitative estimate of drug-likeness (QED) is 0.832. The first-order valence-electron chi connectivity index (χ1n) is 7.84. The summed E-state index contributed by atoms with van der Waals surface area (Å²) < 4.78 is 0. The summed E-state index contributed by atoms with van der Waals surface area (Å²) >= 11 is 1.82. The molecule has 6 heteroatoms. The standard InChI is InChI=1S/C16H27N3OS.ClH/c1-12(2)15(17)16(20)18-9-13-5-3-7-19(10-13)11-14-6-4-8-21-14;/h4,6,8,12-13,15H,3,5,7,9-11,17H2,1-2H3,(H,18,20);1H/t13?,15-;/m0./s1. The smallest absolute Gasteiger partial charge is 0.237 e. The van der Waals surface area contributed by atoms with Gasteiger partial charge in [0.1, 0.15) is 0 Å². The molecule has 1 saturated heterocycles. The van der Waals surface area contributed by atoms with Gasteiger partial charge in [0.15, 0.2) is 0 Å². The van der Waals surface area contributed by atoms with Crippen LogP contribution in [-0.4, -0.2) is 36.5 Å². The minimum Gasteiger partial charge on any atom is -0.354 e. The Morgan fingerprint density at radius 2 is 2.32 bits per heavy atom. The predicted octanol–water partition coefficient (Wildman–Crippen LogP) is 2.48. The lowest BCUT2D eigenvalue weighted by Crippen LogP contribution is -2.47. The van der Waals surface area contributed by atoms with Crippen LogP contribution < -0.4 is 11.1 Å². The lowest BCUT2D eigenvalue weighted by molar-refractivity contribution is -0.123. The van der Waals surface area contributed by atoms with Crippen molar-refractivity contribution in [1.82, 2.24) is 10.2 Å². The second-order valence-corrected chi connectivity index (χ2v) is 7.37. The molecule has 1 aliphatic heterocycles. The lowest BCUT2D eigenvalue weighted by atomic mass is 9.97. The molecule has 1 aromatic heterocycles. The summed E-state index contributed by atoms with van der Waals surface area (Å²) in [5.41, 5.74) is 5.87. The number of carbonyl (C=O) groups is 1. The zero-order valence-corrected chi connectivity index (χ0v) is 15.1. The molecule has 0 spiro atoms. The van der Waals surface area contributed by atoms with E-state index in [1.807, 2.05) is 25.2 Å². The molecule has 126 valence electrons. The molecule has 22 heavy (non-hydrogen) atoms. The van der Waals surface area contributed by atoms with E-state index in [0.717, 1.165) is 26.2 Å². The number of hydrogen-bond donors (Lipinski definition) is 2. The number of thiophene rings is 1. The fraction of sp³-hybridized carbons (Fsp3) is 0.688. The lowest BCUT2D eigenvalue weighted by Gasteiger charge is -2.32. The van der Waals surface area contributed by atoms with Crippen molar-refractivity contribution in [1.29, 1.82) is 0 Å². The zero-order chi connectivity index (χ0) is 15.2. The summed E-state index contributed by atoms with van der Waals surface area (Å²) in [6.45, 7) is 7.97. The van der Waals surface area contributed by atoms with Gasteiger partial charge < -0.3 is 11.1 Å². The number of halogens is 1. The number of carbonyl (C=O) groups excluding carboxylic acids is 1. The summed E-state index contributed by atoms with van der Waals surface area (Å²) in [6, 6.07) is 3.91. The molecule has 2 atom stereocenters. The average molecular weight is 346 g/mol. The minimum absolute atomic E-state index is 0. The molecule has 0 bridgehead atoms. The van der Waals surface area contributed by atoms with Gasteiger partial charge in [0.25, 0.3) is 0 Å². The van der Waals surface area contributed by atoms with Crippen molar-refractivity contribution in [3.8, 4) is 0 Å². The van der Waals surface area contributed by atoms with Crippen LogP contribution in [0.15, 0.2) is 17.5 Å². The highest BCUT2D eigenvalue weighted by Gasteiger charge is 2.22. The number of piperidine rings is 1. The summed E-state index contributed by atoms with van der Waals surface area (Å²) in [5.74, 6) is 0.717. The molecule has 4 nitrogen and oxygen atoms in total. The van der Waals surface area contributed by atoms with Gasteiger partial charge in [-0.1, -0.05) is 19.9 Å². The Labute approximate surface area is 143 Å². The molecule has 1 aliphatic rings. The Hall–Kier alpha value is -0.620. The number of amides is 1. The van der Waals surface area contributed by atoms with Crippen molar-refractivity contribution in [2.45, 2.75) is 39.3 Å². The second-order valence-electron chi connectivity index (χ2n) is 6.34. The highest BCUT2D eigenvalue weighted by atomic mass is 35.5. The fourth-order valence-corrected chi connectivity index (χ4v) is 3.50. The number of hydrogen-bond acceptors (Lipinski definition) is 4. The van der Waals surface area contributed by atoms with Gasteiger partial charge in [-0.3, -0.25) is 9.69 Å². The molecule has 0 aromatic carbocycles. The predicted molar refractivity (Wildman–Crippen MR) is 95.4 cm³/mol. The van der Waals surface area contributed by atoms with E-state index in [1.54, 1.807) is 0 Å². The van der Waals surface area contributed by atoms with E-state index >= 15 is 0 Å². The molecule has 0 saturated carbocycles. The molecule has 1 amide bonds. The van der Waals surface area contributed by atoms with Gasteiger partial charge in [-0.25, -0.2) is 0 Å². The van der Waals surface area contributed by atoms with Crippen LogP contribution in [0.3, 0.4) is 0 Å². The van der Waals surface area contributed by atoms with Gasteiger partial charge in [0.2, 0.25) is 5.91 Å². The summed E-state index contributed by atoms with van der Waals surface area (Å²) in [4.78, 5) is 15.8. The van der Waals surface area contributed by atoms with Crippen LogP contribution in [0.25, 0.3) is 0 Å². The average Bonchev–Trinajstić information content (AvgIpc) is 2.97. The Kier molecular flexibility index (Phi) is 8.39. The zero-order valence-electron chi connectivity index (χ0n) is 13.5. The summed E-state index contributed by atoms with van der Waals surface area (Å²) in [5, 5.41) is 5.15. The van der Waals surface area contributed by atoms with E-state index in [-0.39, 0.29) is 24.2 Å². The normalized spacial score (nSPS) is 20.5. The maximum Gasteiger partial charge on any atom is 0.237 e. The maximum atomic E-state index is 11.9. The molecule has 1 fully saturated rings. The minimum atomic E-state index is -0.393. The van der Waals surface area contributed by atoms with E-state index in [9.17, 15) is 4.79 Å². The number of likely N-dealkylation sites (tertiary alicyclic amines) is 1. The Morgan fingerprint density at radius 1 is 1.55 bits per heavy atom. The third-order valence-electron chi connectivity index (χ3n) is 4.15. The van der Waals surface area contributed by atoms with Crippen molar-refractivity contribution >= 4 is 29.7 Å². The van der Waals surface area contributed by atoms with Crippen LogP contribution in [0.4, 0.5) is 0 Å². The first kappa shape index (κ1) is 19.4. The van der Waals surface area contributed by atoms with Crippen LogP contribution in [0.1, 0.15) is 31.6 Å². The monoisotopic (exact) mass is 345 g/mol. The molecular weight excluding hydrogens is 318 g/mol. The van der Waals surface area contributed by atoms with Gasteiger partial charge in [-0.05, 0) is 42.7 Å². The first-order chi connectivity index (χ1) is 10.1. The van der Waals surface area contributed by atoms with Gasteiger partial charge in [-0.15, -0.1) is 23.7 Å². The molecule has 3 N–H and O–H groups in total. The number of rotatable bonds is 6. The van der Waals surface area contributed by atoms with Gasteiger partial charge in [0.05, 0.1) is 6.04 Å². The Bertz CT molecular complexity index is 439. The van der Waals surface area contributed by atoms with E-state index in [1.165, 1.54) is 17.7 Å². The highest BCUT2D eigenvalue weighted by Crippen LogP contribution is 2.20. The van der Waals surface area contributed by atoms with Crippen molar-refractivity contribution in [3.05, 3.63) is 22.4 Å². The number of nitrogens with zero attached hydrogens (tertiary/aromatic N) is 1. The van der Waals surface area contributed by atoms with Gasteiger partial charge >= 0.3 is 0 Å². The summed E-state index contributed by atoms with van der Waals surface area (Å²) in [7, 11) is 0. The van der Waals surface area contributed by atoms with Crippen molar-refractivity contribution in [3.63, 3.8) is 0 Å². The third-order valence-corrected chi connectivity index (χ3v) is 5.01. The fourth-order valence-electron chi connectivity index (χ4n) is 2.75. The second kappa shape index (κ2) is 9.50. The van der Waals surface area contributed by atoms with Crippen molar-refractivity contribution in [2.75, 3.05) is 19.6 Å². The van der Waals surface area contributed by atoms with Crippen LogP contribution >= 0.6 is 23.7 Å². The van der Waals surface area contributed by atoms with Crippen LogP contribution in [0.5, 0.6) is 0 Å². The molecule has 1 unspecified atom stereocenters. The van der Waals surface area contributed by atoms with Crippen molar-refractivity contribution < 1.29 is 4.79 Å². The molecule has 0 aliphatic carbocycles. The van der Waals surface area contributed by atoms with Crippen LogP contribution in [0.2, 0.25) is 0 Å². The molecular formula is C16H28ClN3OS. The van der Waals surface area contributed by atoms with E-state index < -0.39 is 6.04 Å². The molecule has 2 rings (SSSR count). The van der Waals surface area contributed by atoms with Crippen LogP contribution in [0, 0.1) is 11.8 Å². The number of nitrogens with two attached hydrogens (primary N) is 1. The highest BCUT2D eigenvalue weighted by molar-refractivity contribution is 7.09. The van der Waals surface area contributed by atoms with E-state index in [4.69, 9.17) is 5.73 Å². The summed E-state index contributed by atoms with van der Waals surface area (Å²) in [6.07, 6.45) is 2.40. The maximum absolute atomic E-state index is 11.9. The molecule has 0 radical (unpaired) electrons. The SMILES string of the molecule is CC(C)[C@H](N)C(=O)NCC1CCCN(Cc2cccs2)C1.Cl. The van der Waals surface area contributed by atoms with E-state index in [0.29, 0.717) is 5.92 Å². The third kappa shape index (κ3) is 5.88. The molecule has 1 aromatic rings.